The third-order valence-corrected chi connectivity index (χ3v) is 4.32. The number of carbonyl (C=O) groups excluding carboxylic acids is 1. The van der Waals surface area contributed by atoms with Gasteiger partial charge in [-0.1, -0.05) is 50.3 Å². The Morgan fingerprint density at radius 2 is 1.53 bits per heavy atom. The van der Waals surface area contributed by atoms with Gasteiger partial charge in [-0.2, -0.15) is 0 Å². The van der Waals surface area contributed by atoms with Gasteiger partial charge in [0.25, 0.3) is 0 Å². The second kappa shape index (κ2) is 7.22. The highest BCUT2D eigenvalue weighted by atomic mass is 127. The lowest BCUT2D eigenvalue weighted by atomic mass is 9.85. The van der Waals surface area contributed by atoms with Gasteiger partial charge in [0.1, 0.15) is 10.0 Å². The number of piperidine rings is 1. The number of carbonyl (C=O) groups is 1. The van der Waals surface area contributed by atoms with E-state index in [2.05, 4.69) is 50.3 Å². The molecule has 111 valence electrons. The monoisotopic (exact) mass is 382 g/mol. The van der Waals surface area contributed by atoms with Crippen LogP contribution < -0.4 is 0 Å². The zero-order valence-corrected chi connectivity index (χ0v) is 14.6. The molecule has 3 atom stereocenters. The van der Waals surface area contributed by atoms with Gasteiger partial charge < -0.3 is 4.74 Å². The SMILES string of the molecule is CC(I)C(=O)OC1CC(C(C)C)N([O])C(C(C)C)C1. The number of alkyl halides is 1. The summed E-state index contributed by atoms with van der Waals surface area (Å²) in [5.41, 5.74) is 0. The quantitative estimate of drug-likeness (QED) is 0.426. The van der Waals surface area contributed by atoms with Crippen molar-refractivity contribution in [3.63, 3.8) is 0 Å². The molecule has 0 aromatic rings. The van der Waals surface area contributed by atoms with Crippen LogP contribution in [0.3, 0.4) is 0 Å². The lowest BCUT2D eigenvalue weighted by Gasteiger charge is -2.43. The summed E-state index contributed by atoms with van der Waals surface area (Å²) in [5.74, 6) is 0.379. The summed E-state index contributed by atoms with van der Waals surface area (Å²) in [6.45, 7) is 10.0. The van der Waals surface area contributed by atoms with Crippen LogP contribution in [-0.2, 0) is 14.7 Å². The predicted octanol–water partition coefficient (Wildman–Crippen LogP) is 3.21. The van der Waals surface area contributed by atoms with Gasteiger partial charge in [-0.05, 0) is 18.8 Å². The number of ether oxygens (including phenoxy) is 1. The lowest BCUT2D eigenvalue weighted by Crippen LogP contribution is -2.53. The van der Waals surface area contributed by atoms with Crippen LogP contribution in [0, 0.1) is 11.8 Å². The van der Waals surface area contributed by atoms with Crippen LogP contribution in [0.4, 0.5) is 0 Å². The van der Waals surface area contributed by atoms with Crippen molar-refractivity contribution in [1.29, 1.82) is 0 Å². The first-order valence-electron chi connectivity index (χ1n) is 7.04. The molecule has 1 saturated heterocycles. The molecule has 1 rings (SSSR count). The van der Waals surface area contributed by atoms with E-state index in [-0.39, 0.29) is 39.9 Å². The average Bonchev–Trinajstić information content (AvgIpc) is 2.30. The molecule has 5 heteroatoms. The molecular weight excluding hydrogens is 357 g/mol. The summed E-state index contributed by atoms with van der Waals surface area (Å²) in [6.07, 6.45) is 1.19. The molecule has 1 radical (unpaired) electrons. The van der Waals surface area contributed by atoms with E-state index in [0.29, 0.717) is 12.8 Å². The minimum Gasteiger partial charge on any atom is -0.461 e. The third-order valence-electron chi connectivity index (χ3n) is 3.81. The molecule has 1 heterocycles. The van der Waals surface area contributed by atoms with E-state index in [9.17, 15) is 10.0 Å². The fourth-order valence-electron chi connectivity index (χ4n) is 2.57. The van der Waals surface area contributed by atoms with Crippen LogP contribution in [-0.4, -0.2) is 33.1 Å². The van der Waals surface area contributed by atoms with Crippen LogP contribution in [0.1, 0.15) is 47.5 Å². The highest BCUT2D eigenvalue weighted by Gasteiger charge is 2.40. The van der Waals surface area contributed by atoms with Gasteiger partial charge in [0, 0.05) is 24.9 Å². The second-order valence-corrected chi connectivity index (χ2v) is 8.00. The van der Waals surface area contributed by atoms with Crippen molar-refractivity contribution in [3.8, 4) is 0 Å². The maximum Gasteiger partial charge on any atom is 0.318 e. The van der Waals surface area contributed by atoms with Gasteiger partial charge in [-0.25, -0.2) is 0 Å². The molecule has 19 heavy (non-hydrogen) atoms. The molecule has 0 bridgehead atoms. The normalized spacial score (nSPS) is 30.7. The Morgan fingerprint density at radius 3 is 1.84 bits per heavy atom. The first-order valence-corrected chi connectivity index (χ1v) is 8.28. The summed E-state index contributed by atoms with van der Waals surface area (Å²) >= 11 is 2.06. The zero-order valence-electron chi connectivity index (χ0n) is 12.4. The van der Waals surface area contributed by atoms with E-state index in [1.807, 2.05) is 6.92 Å². The summed E-state index contributed by atoms with van der Waals surface area (Å²) in [5, 5.41) is 13.6. The molecular formula is C14H25INO3. The van der Waals surface area contributed by atoms with E-state index in [1.165, 1.54) is 5.06 Å². The number of hydrogen-bond donors (Lipinski definition) is 0. The largest absolute Gasteiger partial charge is 0.461 e. The van der Waals surface area contributed by atoms with E-state index < -0.39 is 0 Å². The standard InChI is InChI=1S/C14H25INO3/c1-8(2)12-6-11(19-14(17)10(5)15)7-13(9(3)4)16(12)18/h8-13H,6-7H2,1-5H3. The molecule has 1 aliphatic rings. The Hall–Kier alpha value is 0.120. The lowest BCUT2D eigenvalue weighted by molar-refractivity contribution is -0.260. The second-order valence-electron chi connectivity index (χ2n) is 6.13. The van der Waals surface area contributed by atoms with Crippen molar-refractivity contribution in [1.82, 2.24) is 5.06 Å². The Bertz CT molecular complexity index is 289. The summed E-state index contributed by atoms with van der Waals surface area (Å²) < 4.78 is 5.41. The summed E-state index contributed by atoms with van der Waals surface area (Å²) in [7, 11) is 0. The molecule has 0 saturated carbocycles. The van der Waals surface area contributed by atoms with E-state index in [1.54, 1.807) is 0 Å². The van der Waals surface area contributed by atoms with Crippen LogP contribution in [0.15, 0.2) is 0 Å². The molecule has 0 aromatic carbocycles. The Morgan fingerprint density at radius 1 is 1.11 bits per heavy atom. The number of nitrogens with zero attached hydrogens (tertiary/aromatic N) is 1. The van der Waals surface area contributed by atoms with Gasteiger partial charge in [-0.15, -0.1) is 10.3 Å². The first kappa shape index (κ1) is 17.2. The minimum absolute atomic E-state index is 0.0523. The number of halogens is 1. The van der Waals surface area contributed by atoms with Crippen LogP contribution in [0.5, 0.6) is 0 Å². The highest BCUT2D eigenvalue weighted by Crippen LogP contribution is 2.32. The molecule has 4 nitrogen and oxygen atoms in total. The van der Waals surface area contributed by atoms with Gasteiger partial charge in [0.15, 0.2) is 0 Å². The number of hydrogen-bond acceptors (Lipinski definition) is 3. The van der Waals surface area contributed by atoms with Crippen molar-refractivity contribution in [2.45, 2.75) is 69.6 Å². The Kier molecular flexibility index (Phi) is 6.53. The topological polar surface area (TPSA) is 49.4 Å². The predicted molar refractivity (Wildman–Crippen MR) is 82.4 cm³/mol. The third kappa shape index (κ3) is 4.56. The van der Waals surface area contributed by atoms with Gasteiger partial charge in [0.05, 0.1) is 0 Å². The maximum absolute atomic E-state index is 12.3. The van der Waals surface area contributed by atoms with E-state index >= 15 is 0 Å². The number of rotatable bonds is 4. The summed E-state index contributed by atoms with van der Waals surface area (Å²) in [4.78, 5) is 11.7. The molecule has 1 aliphatic heterocycles. The average molecular weight is 382 g/mol. The minimum atomic E-state index is -0.171. The van der Waals surface area contributed by atoms with Crippen molar-refractivity contribution < 1.29 is 14.7 Å². The molecule has 3 unspecified atom stereocenters. The molecule has 0 aliphatic carbocycles. The highest BCUT2D eigenvalue weighted by molar-refractivity contribution is 14.1. The Labute approximate surface area is 130 Å². The van der Waals surface area contributed by atoms with Crippen molar-refractivity contribution in [2.75, 3.05) is 0 Å². The van der Waals surface area contributed by atoms with E-state index in [4.69, 9.17) is 4.74 Å². The van der Waals surface area contributed by atoms with Gasteiger partial charge in [-0.3, -0.25) is 4.79 Å². The number of esters is 1. The zero-order chi connectivity index (χ0) is 14.7. The van der Waals surface area contributed by atoms with Gasteiger partial charge in [0.2, 0.25) is 0 Å². The van der Waals surface area contributed by atoms with Crippen molar-refractivity contribution >= 4 is 28.6 Å². The van der Waals surface area contributed by atoms with Crippen molar-refractivity contribution in [3.05, 3.63) is 0 Å². The molecule has 1 fully saturated rings. The smallest absolute Gasteiger partial charge is 0.318 e. The number of hydroxylamine groups is 2. The first-order chi connectivity index (χ1) is 8.73. The maximum atomic E-state index is 12.3. The summed E-state index contributed by atoms with van der Waals surface area (Å²) in [6, 6.07) is -0.105. The molecule has 0 spiro atoms. The van der Waals surface area contributed by atoms with Crippen molar-refractivity contribution in [2.24, 2.45) is 11.8 Å². The molecule has 0 amide bonds. The van der Waals surface area contributed by atoms with Crippen LogP contribution in [0.2, 0.25) is 0 Å². The van der Waals surface area contributed by atoms with Crippen LogP contribution >= 0.6 is 22.6 Å². The Balaban J connectivity index is 2.76. The van der Waals surface area contributed by atoms with Crippen LogP contribution in [0.25, 0.3) is 0 Å². The molecule has 0 aromatic heterocycles. The fourth-order valence-corrected chi connectivity index (χ4v) is 2.72. The fraction of sp³-hybridized carbons (Fsp3) is 0.929. The molecule has 0 N–H and O–H groups in total. The van der Waals surface area contributed by atoms with E-state index in [0.717, 1.165) is 0 Å². The van der Waals surface area contributed by atoms with Gasteiger partial charge >= 0.3 is 5.97 Å².